The third kappa shape index (κ3) is 18.4. The zero-order valence-electron chi connectivity index (χ0n) is 41.3. The summed E-state index contributed by atoms with van der Waals surface area (Å²) in [4.78, 5) is 133. The summed E-state index contributed by atoms with van der Waals surface area (Å²) < 4.78 is 0. The van der Waals surface area contributed by atoms with E-state index in [-0.39, 0.29) is 18.6 Å². The van der Waals surface area contributed by atoms with Crippen molar-refractivity contribution in [1.29, 1.82) is 0 Å². The number of aliphatic hydroxyl groups excluding tert-OH is 4. The Morgan fingerprint density at radius 3 is 1.62 bits per heavy atom. The zero-order chi connectivity index (χ0) is 55.4. The second-order valence-electron chi connectivity index (χ2n) is 17.5. The van der Waals surface area contributed by atoms with Crippen LogP contribution in [0.5, 0.6) is 5.75 Å². The summed E-state index contributed by atoms with van der Waals surface area (Å²) in [6, 6.07) is 0.326. The van der Waals surface area contributed by atoms with Gasteiger partial charge in [-0.2, -0.15) is 0 Å². The molecular weight excluding hydrogens is 975 g/mol. The lowest BCUT2D eigenvalue weighted by Crippen LogP contribution is -2.62. The number of aliphatic carboxylic acids is 1. The fraction of sp³-hybridized carbons (Fsp3) is 0.489. The number of hydrogen-bond acceptors (Lipinski definition) is 16. The van der Waals surface area contributed by atoms with Crippen LogP contribution in [0, 0.1) is 5.92 Å². The Hall–Kier alpha value is -7.72. The first kappa shape index (κ1) is 60.6. The number of nitrogens with two attached hydrogens (primary N) is 1. The predicted octanol–water partition coefficient (Wildman–Crippen LogP) is -5.49. The standard InChI is InChI=1S/C47H67N11O16/c1-6-22(2)37(56-40(66)23(3)48)44(70)58-39(25(5)62)45(71)53-31(16-27-17-49-30-10-8-7-9-29(27)30)42(68)55-33(20-59)41(67)51-18-35(64)50-19-36(65)52-34(21-60)43(69)57-38(24(4)61)46(72)54-32(47(73)74)15-26-11-13-28(63)14-12-26/h7-14,17,22-25,31-34,37-39,49,59-63H,6,15-16,18-21,48H2,1-5H3,(H,50,64)(H,51,67)(H,52,65)(H,53,71)(H,54,72)(H,55,68)(H,56,66)(H,57,69)(H,58,70)(H,73,74)/t22-,23-,24+,25+,31-,32-,33-,34-,37-,38-,39-/m0/s1. The molecule has 0 aliphatic heterocycles. The molecule has 1 aromatic heterocycles. The molecule has 27 heteroatoms. The number of phenolic OH excluding ortho intramolecular Hbond substituents is 1. The summed E-state index contributed by atoms with van der Waals surface area (Å²) in [6.07, 6.45) is -1.60. The minimum absolute atomic E-state index is 0.0803. The molecule has 0 aliphatic carbocycles. The van der Waals surface area contributed by atoms with Crippen LogP contribution >= 0.6 is 0 Å². The fourth-order valence-electron chi connectivity index (χ4n) is 7.05. The molecule has 11 atom stereocenters. The molecule has 0 spiro atoms. The van der Waals surface area contributed by atoms with Crippen molar-refractivity contribution in [2.75, 3.05) is 26.3 Å². The van der Waals surface area contributed by atoms with Gasteiger partial charge in [-0.3, -0.25) is 43.2 Å². The number of aliphatic hydroxyl groups is 4. The third-order valence-electron chi connectivity index (χ3n) is 11.6. The van der Waals surface area contributed by atoms with Crippen molar-refractivity contribution in [2.24, 2.45) is 11.7 Å². The van der Waals surface area contributed by atoms with Gasteiger partial charge in [-0.25, -0.2) is 4.79 Å². The van der Waals surface area contributed by atoms with Crippen molar-refractivity contribution in [1.82, 2.24) is 52.8 Å². The number of aromatic hydroxyl groups is 1. The van der Waals surface area contributed by atoms with Crippen molar-refractivity contribution in [2.45, 2.75) is 114 Å². The number of aromatic amines is 1. The van der Waals surface area contributed by atoms with Gasteiger partial charge in [0.05, 0.1) is 44.6 Å². The fourth-order valence-corrected chi connectivity index (χ4v) is 7.05. The van der Waals surface area contributed by atoms with Gasteiger partial charge >= 0.3 is 5.97 Å². The SMILES string of the molecule is CC[C@H](C)[C@H](NC(=O)[C@H](C)N)C(=O)N[C@H](C(=O)N[C@@H](Cc1c[nH]c2ccccc12)C(=O)N[C@@H](CO)C(=O)NCC(=O)NCC(=O)N[C@@H](CO)C(=O)N[C@H](C(=O)N[C@@H](Cc1ccc(O)cc1)C(=O)O)[C@@H](C)O)[C@@H](C)O. The lowest BCUT2D eigenvalue weighted by atomic mass is 9.97. The van der Waals surface area contributed by atoms with Crippen molar-refractivity contribution in [3.63, 3.8) is 0 Å². The largest absolute Gasteiger partial charge is 0.508 e. The van der Waals surface area contributed by atoms with E-state index in [9.17, 15) is 78.6 Å². The second kappa shape index (κ2) is 29.1. The molecule has 0 fully saturated rings. The van der Waals surface area contributed by atoms with E-state index in [0.717, 1.165) is 6.92 Å². The normalized spacial score (nSPS) is 15.6. The molecule has 3 rings (SSSR count). The van der Waals surface area contributed by atoms with Crippen molar-refractivity contribution >= 4 is 70.0 Å². The molecule has 1 heterocycles. The zero-order valence-corrected chi connectivity index (χ0v) is 41.3. The highest BCUT2D eigenvalue weighted by Gasteiger charge is 2.36. The molecule has 0 radical (unpaired) electrons. The van der Waals surface area contributed by atoms with Crippen LogP contribution < -0.4 is 53.6 Å². The first-order valence-electron chi connectivity index (χ1n) is 23.5. The van der Waals surface area contributed by atoms with Crippen LogP contribution in [0.1, 0.15) is 52.2 Å². The van der Waals surface area contributed by atoms with Gasteiger partial charge in [0, 0.05) is 29.9 Å². The van der Waals surface area contributed by atoms with Crippen LogP contribution in [0.25, 0.3) is 10.9 Å². The number of aromatic nitrogens is 1. The predicted molar refractivity (Wildman–Crippen MR) is 262 cm³/mol. The molecule has 2 aromatic carbocycles. The summed E-state index contributed by atoms with van der Waals surface area (Å²) in [7, 11) is 0. The summed E-state index contributed by atoms with van der Waals surface area (Å²) in [5.41, 5.74) is 7.30. The highest BCUT2D eigenvalue weighted by molar-refractivity contribution is 5.98. The van der Waals surface area contributed by atoms with E-state index in [1.165, 1.54) is 38.1 Å². The van der Waals surface area contributed by atoms with Crippen molar-refractivity contribution < 1.29 is 78.6 Å². The number of carbonyl (C=O) groups excluding carboxylic acids is 9. The van der Waals surface area contributed by atoms with Gasteiger partial charge in [0.2, 0.25) is 53.2 Å². The number of carboxylic acid groups (broad SMARTS) is 1. The lowest BCUT2D eigenvalue weighted by Gasteiger charge is -2.29. The summed E-state index contributed by atoms with van der Waals surface area (Å²) >= 11 is 0. The highest BCUT2D eigenvalue weighted by atomic mass is 16.4. The summed E-state index contributed by atoms with van der Waals surface area (Å²) in [5.74, 6) is -10.9. The van der Waals surface area contributed by atoms with E-state index in [4.69, 9.17) is 5.73 Å². The Kier molecular flexibility index (Phi) is 23.8. The molecule has 0 bridgehead atoms. The molecule has 0 saturated carbocycles. The summed E-state index contributed by atoms with van der Waals surface area (Å²) in [5, 5.41) is 81.3. The Bertz CT molecular complexity index is 2450. The number of nitrogens with one attached hydrogen (secondary N) is 10. The van der Waals surface area contributed by atoms with Gasteiger partial charge in [-0.05, 0) is 56.0 Å². The number of phenols is 1. The number of amides is 9. The first-order chi connectivity index (χ1) is 34.9. The van der Waals surface area contributed by atoms with Crippen LogP contribution in [-0.2, 0) is 60.8 Å². The number of benzene rings is 2. The minimum Gasteiger partial charge on any atom is -0.508 e. The third-order valence-corrected chi connectivity index (χ3v) is 11.6. The Morgan fingerprint density at radius 1 is 0.568 bits per heavy atom. The second-order valence-corrected chi connectivity index (χ2v) is 17.5. The Labute approximate surface area is 424 Å². The molecule has 74 heavy (non-hydrogen) atoms. The smallest absolute Gasteiger partial charge is 0.326 e. The maximum Gasteiger partial charge on any atom is 0.326 e. The number of H-pyrrole nitrogens is 1. The highest BCUT2D eigenvalue weighted by Crippen LogP contribution is 2.20. The monoisotopic (exact) mass is 1040 g/mol. The maximum absolute atomic E-state index is 13.9. The maximum atomic E-state index is 13.9. The van der Waals surface area contributed by atoms with Crippen molar-refractivity contribution in [3.05, 3.63) is 65.9 Å². The Balaban J connectivity index is 1.64. The minimum atomic E-state index is -1.77. The van der Waals surface area contributed by atoms with E-state index in [1.54, 1.807) is 44.3 Å². The van der Waals surface area contributed by atoms with Gasteiger partial charge in [-0.1, -0.05) is 50.6 Å². The number of carboxylic acids is 1. The van der Waals surface area contributed by atoms with Gasteiger partial charge in [0.25, 0.3) is 0 Å². The number of para-hydroxylation sites is 1. The number of carbonyl (C=O) groups is 10. The van der Waals surface area contributed by atoms with E-state index < -0.39 is 152 Å². The molecule has 3 aromatic rings. The van der Waals surface area contributed by atoms with Crippen LogP contribution in [0.2, 0.25) is 0 Å². The number of fused-ring (bicyclic) bond motifs is 1. The van der Waals surface area contributed by atoms with E-state index in [0.29, 0.717) is 28.5 Å². The molecule has 27 nitrogen and oxygen atoms in total. The first-order valence-corrected chi connectivity index (χ1v) is 23.5. The number of hydrogen-bond donors (Lipinski definition) is 17. The Morgan fingerprint density at radius 2 is 1.07 bits per heavy atom. The topological polar surface area (TPSA) is 442 Å². The van der Waals surface area contributed by atoms with Gasteiger partial charge in [0.15, 0.2) is 0 Å². The lowest BCUT2D eigenvalue weighted by molar-refractivity contribution is -0.143. The van der Waals surface area contributed by atoms with Crippen LogP contribution in [0.4, 0.5) is 0 Å². The quantitative estimate of drug-likeness (QED) is 0.0308. The average molecular weight is 1040 g/mol. The molecule has 406 valence electrons. The molecule has 0 saturated heterocycles. The van der Waals surface area contributed by atoms with Gasteiger partial charge < -0.3 is 89.2 Å². The van der Waals surface area contributed by atoms with E-state index in [1.807, 2.05) is 0 Å². The van der Waals surface area contributed by atoms with Gasteiger partial charge in [0.1, 0.15) is 48.0 Å². The molecule has 18 N–H and O–H groups in total. The van der Waals surface area contributed by atoms with Crippen LogP contribution in [0.15, 0.2) is 54.7 Å². The molecule has 0 unspecified atom stereocenters. The molecular formula is C47H67N11O16. The molecule has 0 aliphatic rings. The van der Waals surface area contributed by atoms with E-state index in [2.05, 4.69) is 52.8 Å². The van der Waals surface area contributed by atoms with E-state index >= 15 is 0 Å². The summed E-state index contributed by atoms with van der Waals surface area (Å²) in [6.45, 7) is 3.46. The van der Waals surface area contributed by atoms with Crippen LogP contribution in [0.3, 0.4) is 0 Å². The molecule has 9 amide bonds. The van der Waals surface area contributed by atoms with Gasteiger partial charge in [-0.15, -0.1) is 0 Å². The number of rotatable bonds is 29. The van der Waals surface area contributed by atoms with Crippen LogP contribution in [-0.4, -0.2) is 182 Å². The average Bonchev–Trinajstić information content (AvgIpc) is 3.77. The van der Waals surface area contributed by atoms with Crippen molar-refractivity contribution in [3.8, 4) is 5.75 Å².